The molecule has 1 N–H and O–H groups in total. The van der Waals surface area contributed by atoms with Gasteiger partial charge >= 0.3 is 0 Å². The summed E-state index contributed by atoms with van der Waals surface area (Å²) in [6, 6.07) is 6.66. The molecular formula is C15H21NO3S. The Morgan fingerprint density at radius 3 is 2.90 bits per heavy atom. The van der Waals surface area contributed by atoms with E-state index in [1.165, 1.54) is 12.8 Å². The molecule has 0 heterocycles. The minimum atomic E-state index is -3.45. The number of ether oxygens (including phenoxy) is 1. The molecule has 1 aromatic rings. The molecule has 0 radical (unpaired) electrons. The predicted octanol–water partition coefficient (Wildman–Crippen LogP) is 2.72. The monoisotopic (exact) mass is 295 g/mol. The van der Waals surface area contributed by atoms with Crippen molar-refractivity contribution in [1.82, 2.24) is 4.72 Å². The molecule has 20 heavy (non-hydrogen) atoms. The van der Waals surface area contributed by atoms with E-state index in [9.17, 15) is 8.42 Å². The molecule has 110 valence electrons. The molecular weight excluding hydrogens is 274 g/mol. The van der Waals surface area contributed by atoms with Crippen LogP contribution in [-0.2, 0) is 10.0 Å². The van der Waals surface area contributed by atoms with E-state index in [1.54, 1.807) is 30.3 Å². The minimum absolute atomic E-state index is 0.254. The lowest BCUT2D eigenvalue weighted by atomic mass is 10.3. The van der Waals surface area contributed by atoms with E-state index in [0.29, 0.717) is 24.8 Å². The first kappa shape index (κ1) is 15.1. The number of benzene rings is 1. The van der Waals surface area contributed by atoms with Gasteiger partial charge in [0.05, 0.1) is 11.5 Å². The maximum atomic E-state index is 12.1. The molecule has 0 bridgehead atoms. The normalized spacial score (nSPS) is 15.0. The summed E-state index contributed by atoms with van der Waals surface area (Å²) in [5.74, 6) is 1.26. The van der Waals surface area contributed by atoms with Crippen LogP contribution in [0.5, 0.6) is 5.75 Å². The highest BCUT2D eigenvalue weighted by molar-refractivity contribution is 7.89. The van der Waals surface area contributed by atoms with Crippen molar-refractivity contribution in [3.63, 3.8) is 0 Å². The number of hydrogen-bond acceptors (Lipinski definition) is 3. The average Bonchev–Trinajstić information content (AvgIpc) is 3.26. The van der Waals surface area contributed by atoms with E-state index < -0.39 is 10.0 Å². The van der Waals surface area contributed by atoms with Gasteiger partial charge in [0.2, 0.25) is 10.0 Å². The third-order valence-electron chi connectivity index (χ3n) is 3.18. The molecule has 0 aliphatic heterocycles. The van der Waals surface area contributed by atoms with E-state index in [-0.39, 0.29) is 4.90 Å². The van der Waals surface area contributed by atoms with E-state index in [1.807, 2.05) is 0 Å². The number of rotatable bonds is 9. The zero-order valence-electron chi connectivity index (χ0n) is 11.5. The molecule has 1 aromatic carbocycles. The van der Waals surface area contributed by atoms with Crippen LogP contribution < -0.4 is 9.46 Å². The van der Waals surface area contributed by atoms with Crippen LogP contribution in [0.25, 0.3) is 0 Å². The zero-order valence-corrected chi connectivity index (χ0v) is 12.4. The van der Waals surface area contributed by atoms with Crippen molar-refractivity contribution in [1.29, 1.82) is 0 Å². The Morgan fingerprint density at radius 1 is 1.40 bits per heavy atom. The second-order valence-corrected chi connectivity index (χ2v) is 6.82. The van der Waals surface area contributed by atoms with Crippen molar-refractivity contribution in [2.75, 3.05) is 13.2 Å². The quantitative estimate of drug-likeness (QED) is 0.563. The lowest BCUT2D eigenvalue weighted by Gasteiger charge is -2.09. The van der Waals surface area contributed by atoms with Crippen LogP contribution in [-0.4, -0.2) is 21.6 Å². The summed E-state index contributed by atoms with van der Waals surface area (Å²) in [7, 11) is -3.45. The number of hydrogen-bond donors (Lipinski definition) is 1. The van der Waals surface area contributed by atoms with Gasteiger partial charge in [-0.05, 0) is 43.7 Å². The fourth-order valence-corrected chi connectivity index (χ4v) is 2.87. The third-order valence-corrected chi connectivity index (χ3v) is 4.63. The molecule has 0 unspecified atom stereocenters. The number of sulfonamides is 1. The Labute approximate surface area is 120 Å². The Hall–Kier alpha value is -1.33. The van der Waals surface area contributed by atoms with Gasteiger partial charge in [0.15, 0.2) is 0 Å². The van der Waals surface area contributed by atoms with Crippen LogP contribution in [0, 0.1) is 5.92 Å². The summed E-state index contributed by atoms with van der Waals surface area (Å²) in [5.41, 5.74) is 0. The smallest absolute Gasteiger partial charge is 0.240 e. The first-order valence-corrected chi connectivity index (χ1v) is 8.43. The van der Waals surface area contributed by atoms with Gasteiger partial charge in [-0.15, -0.1) is 6.58 Å². The average molecular weight is 295 g/mol. The third kappa shape index (κ3) is 4.65. The summed E-state index contributed by atoms with van der Waals surface area (Å²) in [6.07, 6.45) is 5.75. The van der Waals surface area contributed by atoms with Crippen LogP contribution in [0.15, 0.2) is 41.8 Å². The van der Waals surface area contributed by atoms with Crippen molar-refractivity contribution in [3.8, 4) is 5.75 Å². The lowest BCUT2D eigenvalue weighted by Crippen LogP contribution is -2.24. The van der Waals surface area contributed by atoms with Crippen LogP contribution in [0.4, 0.5) is 0 Å². The summed E-state index contributed by atoms with van der Waals surface area (Å²) >= 11 is 0. The zero-order chi connectivity index (χ0) is 14.4. The van der Waals surface area contributed by atoms with Crippen molar-refractivity contribution < 1.29 is 13.2 Å². The fraction of sp³-hybridized carbons (Fsp3) is 0.467. The second kappa shape index (κ2) is 6.90. The predicted molar refractivity (Wildman–Crippen MR) is 79.3 cm³/mol. The van der Waals surface area contributed by atoms with Gasteiger partial charge in [0.25, 0.3) is 0 Å². The van der Waals surface area contributed by atoms with Gasteiger partial charge in [0.1, 0.15) is 5.75 Å². The Balaban J connectivity index is 1.94. The van der Waals surface area contributed by atoms with Crippen LogP contribution in [0.3, 0.4) is 0 Å². The molecule has 1 aliphatic carbocycles. The molecule has 4 nitrogen and oxygen atoms in total. The number of unbranched alkanes of at least 4 members (excludes halogenated alkanes) is 1. The maximum absolute atomic E-state index is 12.1. The largest absolute Gasteiger partial charge is 0.493 e. The SMILES string of the molecule is C=CCCCNS(=O)(=O)c1cccc(OCC2CC2)c1. The topological polar surface area (TPSA) is 55.4 Å². The maximum Gasteiger partial charge on any atom is 0.240 e. The van der Waals surface area contributed by atoms with Gasteiger partial charge in [-0.1, -0.05) is 12.1 Å². The molecule has 1 fully saturated rings. The number of allylic oxidation sites excluding steroid dienone is 1. The van der Waals surface area contributed by atoms with Gasteiger partial charge in [-0.25, -0.2) is 13.1 Å². The van der Waals surface area contributed by atoms with E-state index >= 15 is 0 Å². The highest BCUT2D eigenvalue weighted by Crippen LogP contribution is 2.29. The minimum Gasteiger partial charge on any atom is -0.493 e. The highest BCUT2D eigenvalue weighted by atomic mass is 32.2. The first-order chi connectivity index (χ1) is 9.62. The Morgan fingerprint density at radius 2 is 2.20 bits per heavy atom. The number of nitrogens with one attached hydrogen (secondary N) is 1. The van der Waals surface area contributed by atoms with Crippen molar-refractivity contribution in [3.05, 3.63) is 36.9 Å². The molecule has 2 rings (SSSR count). The summed E-state index contributed by atoms with van der Waals surface area (Å²) in [4.78, 5) is 0.254. The summed E-state index contributed by atoms with van der Waals surface area (Å²) in [5, 5.41) is 0. The molecule has 1 aliphatic rings. The first-order valence-electron chi connectivity index (χ1n) is 6.95. The standard InChI is InChI=1S/C15H21NO3S/c1-2-3-4-10-16-20(17,18)15-7-5-6-14(11-15)19-12-13-8-9-13/h2,5-7,11,13,16H,1,3-4,8-10,12H2. The molecule has 0 amide bonds. The van der Waals surface area contributed by atoms with Crippen LogP contribution in [0.2, 0.25) is 0 Å². The van der Waals surface area contributed by atoms with Gasteiger partial charge in [-0.2, -0.15) is 0 Å². The van der Waals surface area contributed by atoms with E-state index in [2.05, 4.69) is 11.3 Å². The molecule has 0 aromatic heterocycles. The molecule has 0 atom stereocenters. The molecule has 1 saturated carbocycles. The van der Waals surface area contributed by atoms with Gasteiger partial charge in [-0.3, -0.25) is 0 Å². The van der Waals surface area contributed by atoms with Crippen molar-refractivity contribution in [2.45, 2.75) is 30.6 Å². The second-order valence-electron chi connectivity index (χ2n) is 5.06. The van der Waals surface area contributed by atoms with Crippen molar-refractivity contribution >= 4 is 10.0 Å². The molecule has 0 saturated heterocycles. The van der Waals surface area contributed by atoms with Crippen LogP contribution >= 0.6 is 0 Å². The summed E-state index contributed by atoms with van der Waals surface area (Å²) in [6.45, 7) is 4.71. The Bertz CT molecular complexity index is 550. The van der Waals surface area contributed by atoms with E-state index in [0.717, 1.165) is 12.8 Å². The lowest BCUT2D eigenvalue weighted by molar-refractivity contribution is 0.299. The molecule has 5 heteroatoms. The summed E-state index contributed by atoms with van der Waals surface area (Å²) < 4.78 is 32.4. The van der Waals surface area contributed by atoms with Crippen LogP contribution in [0.1, 0.15) is 25.7 Å². The van der Waals surface area contributed by atoms with Crippen molar-refractivity contribution in [2.24, 2.45) is 5.92 Å². The van der Waals surface area contributed by atoms with Gasteiger partial charge < -0.3 is 4.74 Å². The highest BCUT2D eigenvalue weighted by Gasteiger charge is 2.22. The van der Waals surface area contributed by atoms with E-state index in [4.69, 9.17) is 4.74 Å². The Kier molecular flexibility index (Phi) is 5.20. The fourth-order valence-electron chi connectivity index (χ4n) is 1.77. The molecule has 0 spiro atoms. The van der Waals surface area contributed by atoms with Gasteiger partial charge in [0, 0.05) is 12.6 Å².